The zero-order valence-electron chi connectivity index (χ0n) is 58.6. The summed E-state index contributed by atoms with van der Waals surface area (Å²) in [6.45, 7) is 5.83. The first-order valence-electron chi connectivity index (χ1n) is 38.8. The van der Waals surface area contributed by atoms with Gasteiger partial charge in [0, 0.05) is 6.42 Å². The highest BCUT2D eigenvalue weighted by Gasteiger charge is 2.47. The molecule has 524 valence electrons. The Kier molecular flexibility index (Phi) is 62.9. The number of aliphatic hydroxyl groups excluding tert-OH is 5. The fourth-order valence-corrected chi connectivity index (χ4v) is 12.5. The Labute approximate surface area is 549 Å². The number of esters is 1. The molecule has 0 aromatic carbocycles. The van der Waals surface area contributed by atoms with E-state index in [9.17, 15) is 35.1 Å². The molecule has 8 atom stereocenters. The number of carbonyl (C=O) groups excluding carboxylic acids is 2. The molecule has 0 bridgehead atoms. The molecular formula is C78H147NO10. The fraction of sp³-hybridized carbons (Fsp3) is 0.897. The fourth-order valence-electron chi connectivity index (χ4n) is 12.5. The highest BCUT2D eigenvalue weighted by Crippen LogP contribution is 2.27. The van der Waals surface area contributed by atoms with Crippen molar-refractivity contribution in [3.8, 4) is 0 Å². The third-order valence-electron chi connectivity index (χ3n) is 18.5. The first-order chi connectivity index (χ1) is 43.7. The lowest BCUT2D eigenvalue weighted by Gasteiger charge is -2.41. The Hall–Kier alpha value is -2.12. The molecule has 0 aromatic heterocycles. The lowest BCUT2D eigenvalue weighted by Crippen LogP contribution is -2.61. The van der Waals surface area contributed by atoms with Gasteiger partial charge in [-0.2, -0.15) is 0 Å². The van der Waals surface area contributed by atoms with Crippen molar-refractivity contribution in [3.05, 3.63) is 36.5 Å². The van der Waals surface area contributed by atoms with Gasteiger partial charge in [0.2, 0.25) is 5.91 Å². The zero-order chi connectivity index (χ0) is 64.6. The van der Waals surface area contributed by atoms with E-state index < -0.39 is 67.4 Å². The van der Waals surface area contributed by atoms with Crippen LogP contribution in [0.15, 0.2) is 36.5 Å². The summed E-state index contributed by atoms with van der Waals surface area (Å²) in [6.07, 6.45) is 72.1. The molecule has 11 nitrogen and oxygen atoms in total. The largest absolute Gasteiger partial charge is 0.454 e. The molecule has 1 rings (SSSR count). The average molecular weight is 1260 g/mol. The van der Waals surface area contributed by atoms with Gasteiger partial charge in [-0.3, -0.25) is 9.59 Å². The predicted octanol–water partition coefficient (Wildman–Crippen LogP) is 20.5. The van der Waals surface area contributed by atoms with Crippen LogP contribution in [-0.4, -0.2) is 99.6 Å². The molecule has 1 heterocycles. The molecule has 1 amide bonds. The molecule has 6 N–H and O–H groups in total. The van der Waals surface area contributed by atoms with E-state index >= 15 is 0 Å². The normalized spacial score (nSPS) is 18.2. The van der Waals surface area contributed by atoms with Gasteiger partial charge in [0.15, 0.2) is 12.4 Å². The van der Waals surface area contributed by atoms with Crippen LogP contribution in [0.4, 0.5) is 0 Å². The van der Waals surface area contributed by atoms with Gasteiger partial charge >= 0.3 is 5.97 Å². The Morgan fingerprint density at radius 3 is 1.17 bits per heavy atom. The van der Waals surface area contributed by atoms with E-state index in [-0.39, 0.29) is 13.0 Å². The summed E-state index contributed by atoms with van der Waals surface area (Å²) in [6, 6.07) is -1.02. The highest BCUT2D eigenvalue weighted by molar-refractivity contribution is 5.80. The number of aliphatic hydroxyl groups is 5. The number of ether oxygens (including phenoxy) is 3. The van der Waals surface area contributed by atoms with E-state index in [4.69, 9.17) is 14.2 Å². The number of carbonyl (C=O) groups is 2. The minimum absolute atomic E-state index is 0.130. The van der Waals surface area contributed by atoms with Gasteiger partial charge in [-0.05, 0) is 57.8 Å². The van der Waals surface area contributed by atoms with Crippen molar-refractivity contribution < 1.29 is 49.3 Å². The molecule has 0 radical (unpaired) electrons. The molecule has 0 spiro atoms. The van der Waals surface area contributed by atoms with Crippen LogP contribution in [0.3, 0.4) is 0 Å². The second-order valence-corrected chi connectivity index (χ2v) is 27.1. The zero-order valence-corrected chi connectivity index (χ0v) is 58.6. The molecule has 11 heteroatoms. The maximum absolute atomic E-state index is 13.5. The molecule has 8 unspecified atom stereocenters. The molecule has 0 saturated carbocycles. The maximum Gasteiger partial charge on any atom is 0.306 e. The van der Waals surface area contributed by atoms with Crippen molar-refractivity contribution in [1.29, 1.82) is 0 Å². The number of amides is 1. The molecule has 0 aromatic rings. The van der Waals surface area contributed by atoms with E-state index in [1.807, 2.05) is 6.08 Å². The van der Waals surface area contributed by atoms with E-state index in [1.165, 1.54) is 276 Å². The standard InChI is InChI=1S/C78H147NO10/c1-4-7-10-13-16-19-22-24-26-28-30-32-34-35-36-37-38-40-42-44-46-48-51-54-57-60-63-66-73(83)89-76-75(85)74(84)72(67-80)88-78(76)87-68-69(70(81)64-61-58-55-52-49-21-18-15-12-9-6-3)79-77(86)71(82)65-62-59-56-53-50-47-45-43-41-39-33-31-29-27-25-23-20-17-14-11-8-5-2/h17,20,25,27,61,64,69-72,74-76,78,80-82,84-85H,4-16,18-19,21-24,26,28-60,62-63,65-68H2,1-3H3,(H,79,86)/b20-17-,27-25-,64-61+. The van der Waals surface area contributed by atoms with Crippen molar-refractivity contribution in [1.82, 2.24) is 5.32 Å². The maximum atomic E-state index is 13.5. The van der Waals surface area contributed by atoms with Gasteiger partial charge in [-0.25, -0.2) is 0 Å². The minimum Gasteiger partial charge on any atom is -0.454 e. The van der Waals surface area contributed by atoms with Crippen molar-refractivity contribution in [2.45, 2.75) is 436 Å². The molecule has 0 aliphatic carbocycles. The Bertz CT molecular complexity index is 1590. The van der Waals surface area contributed by atoms with Crippen LogP contribution in [0.5, 0.6) is 0 Å². The van der Waals surface area contributed by atoms with Gasteiger partial charge in [0.1, 0.15) is 24.4 Å². The molecule has 1 fully saturated rings. The first-order valence-corrected chi connectivity index (χ1v) is 38.8. The number of hydrogen-bond acceptors (Lipinski definition) is 10. The molecule has 1 saturated heterocycles. The van der Waals surface area contributed by atoms with E-state index in [0.717, 1.165) is 64.2 Å². The summed E-state index contributed by atoms with van der Waals surface area (Å²) < 4.78 is 17.7. The van der Waals surface area contributed by atoms with Gasteiger partial charge < -0.3 is 45.1 Å². The second kappa shape index (κ2) is 65.9. The van der Waals surface area contributed by atoms with Crippen LogP contribution in [-0.2, 0) is 23.8 Å². The minimum atomic E-state index is -1.61. The van der Waals surface area contributed by atoms with Crippen LogP contribution in [0.2, 0.25) is 0 Å². The van der Waals surface area contributed by atoms with Crippen LogP contribution in [0.1, 0.15) is 387 Å². The number of allylic oxidation sites excluding steroid dienone is 5. The van der Waals surface area contributed by atoms with Gasteiger partial charge in [-0.15, -0.1) is 0 Å². The topological polar surface area (TPSA) is 175 Å². The SMILES string of the molecule is CCCCC/C=C\C/C=C\CCCCCCCCCCCCCCC(O)C(=O)NC(COC1OC(CO)C(O)C(O)C1OC(=O)CCCCCCCCCCCCCCCCCCCCCCCCCCCCC)C(O)/C=C/CCCCCCCCCCC. The highest BCUT2D eigenvalue weighted by atomic mass is 16.7. The quantitative estimate of drug-likeness (QED) is 0.0195. The monoisotopic (exact) mass is 1260 g/mol. The second-order valence-electron chi connectivity index (χ2n) is 27.1. The third-order valence-corrected chi connectivity index (χ3v) is 18.5. The van der Waals surface area contributed by atoms with Crippen molar-refractivity contribution >= 4 is 11.9 Å². The smallest absolute Gasteiger partial charge is 0.306 e. The summed E-state index contributed by atoms with van der Waals surface area (Å²) in [5, 5.41) is 57.3. The lowest BCUT2D eigenvalue weighted by molar-refractivity contribution is -0.305. The van der Waals surface area contributed by atoms with Gasteiger partial charge in [-0.1, -0.05) is 359 Å². The van der Waals surface area contributed by atoms with Crippen molar-refractivity contribution in [2.24, 2.45) is 0 Å². The van der Waals surface area contributed by atoms with Crippen LogP contribution >= 0.6 is 0 Å². The molecule has 1 aliphatic rings. The van der Waals surface area contributed by atoms with E-state index in [2.05, 4.69) is 50.4 Å². The Morgan fingerprint density at radius 1 is 0.438 bits per heavy atom. The summed E-state index contributed by atoms with van der Waals surface area (Å²) in [5.41, 5.74) is 0. The van der Waals surface area contributed by atoms with Gasteiger partial charge in [0.05, 0.1) is 25.4 Å². The number of rotatable bonds is 68. The summed E-state index contributed by atoms with van der Waals surface area (Å²) >= 11 is 0. The lowest BCUT2D eigenvalue weighted by atomic mass is 9.99. The summed E-state index contributed by atoms with van der Waals surface area (Å²) in [4.78, 5) is 26.7. The van der Waals surface area contributed by atoms with Crippen LogP contribution in [0, 0.1) is 0 Å². The predicted molar refractivity (Wildman–Crippen MR) is 375 cm³/mol. The Morgan fingerprint density at radius 2 is 0.775 bits per heavy atom. The van der Waals surface area contributed by atoms with E-state index in [0.29, 0.717) is 19.3 Å². The van der Waals surface area contributed by atoms with Crippen LogP contribution < -0.4 is 5.32 Å². The average Bonchev–Trinajstić information content (AvgIpc) is 2.36. The number of unbranched alkanes of at least 4 members (excludes halogenated alkanes) is 50. The van der Waals surface area contributed by atoms with Crippen molar-refractivity contribution in [2.75, 3.05) is 13.2 Å². The number of hydrogen-bond donors (Lipinski definition) is 6. The first kappa shape index (κ1) is 84.9. The molecule has 89 heavy (non-hydrogen) atoms. The van der Waals surface area contributed by atoms with Crippen molar-refractivity contribution in [3.63, 3.8) is 0 Å². The van der Waals surface area contributed by atoms with E-state index in [1.54, 1.807) is 6.08 Å². The third kappa shape index (κ3) is 52.9. The van der Waals surface area contributed by atoms with Crippen LogP contribution in [0.25, 0.3) is 0 Å². The summed E-state index contributed by atoms with van der Waals surface area (Å²) in [5.74, 6) is -1.18. The Balaban J connectivity index is 2.47. The number of nitrogens with one attached hydrogen (secondary N) is 1. The summed E-state index contributed by atoms with van der Waals surface area (Å²) in [7, 11) is 0. The molecular weight excluding hydrogens is 1110 g/mol. The van der Waals surface area contributed by atoms with Gasteiger partial charge in [0.25, 0.3) is 0 Å². The molecule has 1 aliphatic heterocycles.